The largest absolute Gasteiger partial charge is 0.341 e. The van der Waals surface area contributed by atoms with E-state index in [9.17, 15) is 8.42 Å². The Morgan fingerprint density at radius 3 is 2.64 bits per heavy atom. The van der Waals surface area contributed by atoms with E-state index >= 15 is 0 Å². The molecule has 2 heterocycles. The number of rotatable bonds is 7. The standard InChI is InChI=1S/C15H26N4O2S/c1-3-4-10-22(20,21)16-12-14-11-13(2)17-15(18-14)19-8-6-5-7-9-19/h11,16H,3-10,12H2,1-2H3. The van der Waals surface area contributed by atoms with Gasteiger partial charge in [-0.05, 0) is 38.7 Å². The molecule has 0 amide bonds. The Morgan fingerprint density at radius 2 is 1.95 bits per heavy atom. The highest BCUT2D eigenvalue weighted by atomic mass is 32.2. The third-order valence-corrected chi connectivity index (χ3v) is 5.18. The van der Waals surface area contributed by atoms with Crippen LogP contribution in [0.25, 0.3) is 0 Å². The molecule has 6 nitrogen and oxygen atoms in total. The molecule has 124 valence electrons. The molecule has 0 aromatic carbocycles. The fraction of sp³-hybridized carbons (Fsp3) is 0.733. The molecule has 1 aromatic heterocycles. The number of nitrogens with zero attached hydrogens (tertiary/aromatic N) is 3. The van der Waals surface area contributed by atoms with E-state index in [0.29, 0.717) is 6.42 Å². The predicted octanol–water partition coefficient (Wildman–Crippen LogP) is 1.99. The Balaban J connectivity index is 2.03. The van der Waals surface area contributed by atoms with Gasteiger partial charge in [0.15, 0.2) is 0 Å². The van der Waals surface area contributed by atoms with Gasteiger partial charge in [0.25, 0.3) is 0 Å². The van der Waals surface area contributed by atoms with Crippen LogP contribution >= 0.6 is 0 Å². The van der Waals surface area contributed by atoms with E-state index in [1.165, 1.54) is 6.42 Å². The van der Waals surface area contributed by atoms with Crippen LogP contribution < -0.4 is 9.62 Å². The van der Waals surface area contributed by atoms with E-state index in [1.54, 1.807) is 0 Å². The van der Waals surface area contributed by atoms with Gasteiger partial charge in [-0.15, -0.1) is 0 Å². The van der Waals surface area contributed by atoms with Gasteiger partial charge >= 0.3 is 0 Å². The Morgan fingerprint density at radius 1 is 1.23 bits per heavy atom. The summed E-state index contributed by atoms with van der Waals surface area (Å²) in [5.74, 6) is 0.898. The smallest absolute Gasteiger partial charge is 0.225 e. The maximum atomic E-state index is 11.9. The number of aromatic nitrogens is 2. The third kappa shape index (κ3) is 5.21. The average molecular weight is 326 g/mol. The number of aryl methyl sites for hydroxylation is 1. The first kappa shape index (κ1) is 17.1. The average Bonchev–Trinajstić information content (AvgIpc) is 2.52. The second kappa shape index (κ2) is 7.87. The minimum atomic E-state index is -3.22. The molecule has 0 unspecified atom stereocenters. The number of unbranched alkanes of at least 4 members (excludes halogenated alkanes) is 1. The van der Waals surface area contributed by atoms with Crippen molar-refractivity contribution in [1.82, 2.24) is 14.7 Å². The number of nitrogens with one attached hydrogen (secondary N) is 1. The molecule has 1 aliphatic heterocycles. The lowest BCUT2D eigenvalue weighted by Crippen LogP contribution is -2.32. The quantitative estimate of drug-likeness (QED) is 0.829. The molecule has 0 atom stereocenters. The third-order valence-electron chi connectivity index (χ3n) is 3.77. The van der Waals surface area contributed by atoms with Crippen LogP contribution in [-0.2, 0) is 16.6 Å². The SMILES string of the molecule is CCCCS(=O)(=O)NCc1cc(C)nc(N2CCCCC2)n1. The first-order valence-electron chi connectivity index (χ1n) is 8.07. The maximum Gasteiger partial charge on any atom is 0.225 e. The Bertz CT molecular complexity index is 583. The zero-order valence-electron chi connectivity index (χ0n) is 13.5. The molecule has 0 aliphatic carbocycles. The van der Waals surface area contributed by atoms with E-state index in [-0.39, 0.29) is 12.3 Å². The highest BCUT2D eigenvalue weighted by Gasteiger charge is 2.15. The van der Waals surface area contributed by atoms with Crippen molar-refractivity contribution in [3.05, 3.63) is 17.5 Å². The summed E-state index contributed by atoms with van der Waals surface area (Å²) in [6, 6.07) is 1.84. The van der Waals surface area contributed by atoms with Gasteiger partial charge in [0.05, 0.1) is 18.0 Å². The number of hydrogen-bond acceptors (Lipinski definition) is 5. The van der Waals surface area contributed by atoms with Gasteiger partial charge in [-0.3, -0.25) is 0 Å². The van der Waals surface area contributed by atoms with Gasteiger partial charge in [0.1, 0.15) is 0 Å². The van der Waals surface area contributed by atoms with Crippen molar-refractivity contribution in [2.24, 2.45) is 0 Å². The summed E-state index contributed by atoms with van der Waals surface area (Å²) in [7, 11) is -3.22. The van der Waals surface area contributed by atoms with E-state index in [0.717, 1.165) is 49.7 Å². The Labute approximate surface area is 133 Å². The summed E-state index contributed by atoms with van der Waals surface area (Å²) >= 11 is 0. The Hall–Kier alpha value is -1.21. The summed E-state index contributed by atoms with van der Waals surface area (Å²) in [6.07, 6.45) is 5.13. The van der Waals surface area contributed by atoms with Crippen LogP contribution in [0.3, 0.4) is 0 Å². The molecule has 1 saturated heterocycles. The van der Waals surface area contributed by atoms with E-state index in [1.807, 2.05) is 19.9 Å². The van der Waals surface area contributed by atoms with Crippen LogP contribution in [0, 0.1) is 6.92 Å². The lowest BCUT2D eigenvalue weighted by molar-refractivity contribution is 0.565. The molecule has 1 N–H and O–H groups in total. The number of piperidine rings is 1. The number of hydrogen-bond donors (Lipinski definition) is 1. The van der Waals surface area contributed by atoms with Gasteiger partial charge in [-0.1, -0.05) is 13.3 Å². The van der Waals surface area contributed by atoms with Crippen molar-refractivity contribution in [2.75, 3.05) is 23.7 Å². The fourth-order valence-corrected chi connectivity index (χ4v) is 3.71. The zero-order valence-corrected chi connectivity index (χ0v) is 14.3. The molecule has 2 rings (SSSR count). The highest BCUT2D eigenvalue weighted by molar-refractivity contribution is 7.89. The predicted molar refractivity (Wildman–Crippen MR) is 88.4 cm³/mol. The van der Waals surface area contributed by atoms with Gasteiger partial charge in [0.2, 0.25) is 16.0 Å². The maximum absolute atomic E-state index is 11.9. The first-order valence-corrected chi connectivity index (χ1v) is 9.72. The van der Waals surface area contributed by atoms with Crippen molar-refractivity contribution in [1.29, 1.82) is 0 Å². The molecule has 0 radical (unpaired) electrons. The van der Waals surface area contributed by atoms with Crippen LogP contribution in [0.15, 0.2) is 6.07 Å². The second-order valence-corrected chi connectivity index (χ2v) is 7.77. The summed E-state index contributed by atoms with van der Waals surface area (Å²) in [4.78, 5) is 11.2. The van der Waals surface area contributed by atoms with E-state index in [4.69, 9.17) is 0 Å². The molecule has 0 spiro atoms. The zero-order chi connectivity index (χ0) is 16.0. The normalized spacial score (nSPS) is 16.0. The van der Waals surface area contributed by atoms with Crippen LogP contribution in [0.1, 0.15) is 50.4 Å². The monoisotopic (exact) mass is 326 g/mol. The second-order valence-electron chi connectivity index (χ2n) is 5.84. The minimum absolute atomic E-state index is 0.173. The van der Waals surface area contributed by atoms with Gasteiger partial charge in [-0.2, -0.15) is 0 Å². The van der Waals surface area contributed by atoms with Crippen LogP contribution in [0.2, 0.25) is 0 Å². The van der Waals surface area contributed by atoms with E-state index < -0.39 is 10.0 Å². The number of anilines is 1. The van der Waals surface area contributed by atoms with Gasteiger partial charge < -0.3 is 4.90 Å². The summed E-state index contributed by atoms with van der Waals surface area (Å²) in [5, 5.41) is 0. The fourth-order valence-electron chi connectivity index (χ4n) is 2.53. The van der Waals surface area contributed by atoms with Crippen molar-refractivity contribution >= 4 is 16.0 Å². The van der Waals surface area contributed by atoms with Crippen LogP contribution in [-0.4, -0.2) is 37.2 Å². The minimum Gasteiger partial charge on any atom is -0.341 e. The molecular formula is C15H26N4O2S. The summed E-state index contributed by atoms with van der Waals surface area (Å²) < 4.78 is 26.4. The molecular weight excluding hydrogens is 300 g/mol. The van der Waals surface area contributed by atoms with Gasteiger partial charge in [-0.25, -0.2) is 23.1 Å². The molecule has 0 bridgehead atoms. The van der Waals surface area contributed by atoms with Crippen molar-refractivity contribution in [3.63, 3.8) is 0 Å². The molecule has 1 fully saturated rings. The molecule has 1 aliphatic rings. The topological polar surface area (TPSA) is 75.2 Å². The molecule has 22 heavy (non-hydrogen) atoms. The lowest BCUT2D eigenvalue weighted by atomic mass is 10.1. The highest BCUT2D eigenvalue weighted by Crippen LogP contribution is 2.16. The van der Waals surface area contributed by atoms with Crippen molar-refractivity contribution in [3.8, 4) is 0 Å². The van der Waals surface area contributed by atoms with Crippen molar-refractivity contribution in [2.45, 2.75) is 52.5 Å². The number of sulfonamides is 1. The first-order chi connectivity index (χ1) is 10.5. The summed E-state index contributed by atoms with van der Waals surface area (Å²) in [6.45, 7) is 6.09. The van der Waals surface area contributed by atoms with Crippen LogP contribution in [0.5, 0.6) is 0 Å². The Kier molecular flexibility index (Phi) is 6.14. The molecule has 7 heteroatoms. The molecule has 0 saturated carbocycles. The van der Waals surface area contributed by atoms with Crippen LogP contribution in [0.4, 0.5) is 5.95 Å². The van der Waals surface area contributed by atoms with E-state index in [2.05, 4.69) is 19.6 Å². The van der Waals surface area contributed by atoms with Crippen molar-refractivity contribution < 1.29 is 8.42 Å². The van der Waals surface area contributed by atoms with Gasteiger partial charge in [0, 0.05) is 18.8 Å². The molecule has 1 aromatic rings. The lowest BCUT2D eigenvalue weighted by Gasteiger charge is -2.27. The summed E-state index contributed by atoms with van der Waals surface area (Å²) in [5.41, 5.74) is 1.60.